The molecule has 0 atom stereocenters. The highest BCUT2D eigenvalue weighted by Crippen LogP contribution is 2.15. The number of hydrogen-bond donors (Lipinski definition) is 2. The minimum atomic E-state index is -0.0522. The van der Waals surface area contributed by atoms with Crippen molar-refractivity contribution in [3.05, 3.63) is 54.4 Å². The Morgan fingerprint density at radius 3 is 2.71 bits per heavy atom. The molecule has 2 rings (SSSR count). The van der Waals surface area contributed by atoms with Gasteiger partial charge in [0.05, 0.1) is 0 Å². The molecule has 3 nitrogen and oxygen atoms in total. The number of H-pyrrole nitrogens is 1. The lowest BCUT2D eigenvalue weighted by Gasteiger charge is -2.03. The van der Waals surface area contributed by atoms with E-state index in [1.165, 1.54) is 4.90 Å². The summed E-state index contributed by atoms with van der Waals surface area (Å²) in [5.74, 6) is 0.819. The van der Waals surface area contributed by atoms with Crippen LogP contribution in [0.1, 0.15) is 10.5 Å². The maximum atomic E-state index is 11.6. The molecule has 2 aromatic rings. The predicted octanol–water partition coefficient (Wildman–Crippen LogP) is 2.54. The summed E-state index contributed by atoms with van der Waals surface area (Å²) < 4.78 is 0. The number of hydrogen-bond acceptors (Lipinski definition) is 2. The van der Waals surface area contributed by atoms with Crippen LogP contribution in [0.4, 0.5) is 0 Å². The van der Waals surface area contributed by atoms with Gasteiger partial charge in [0.2, 0.25) is 0 Å². The molecular weight excluding hydrogens is 232 g/mol. The number of aromatic amines is 1. The lowest BCUT2D eigenvalue weighted by Crippen LogP contribution is -2.25. The third-order valence-electron chi connectivity index (χ3n) is 2.24. The lowest BCUT2D eigenvalue weighted by atomic mass is 10.4. The molecule has 1 amide bonds. The molecule has 0 radical (unpaired) electrons. The standard InChI is InChI=1S/C13H14N2OS/c16-13(12-7-4-8-14-12)15-9-10-17-11-5-2-1-3-6-11/h1-8,14H,9-10H2,(H,15,16). The zero-order valence-electron chi connectivity index (χ0n) is 9.35. The van der Waals surface area contributed by atoms with Gasteiger partial charge >= 0.3 is 0 Å². The van der Waals surface area contributed by atoms with Crippen molar-refractivity contribution in [3.63, 3.8) is 0 Å². The van der Waals surface area contributed by atoms with E-state index < -0.39 is 0 Å². The van der Waals surface area contributed by atoms with Crippen molar-refractivity contribution < 1.29 is 4.79 Å². The average molecular weight is 246 g/mol. The highest BCUT2D eigenvalue weighted by atomic mass is 32.2. The fourth-order valence-corrected chi connectivity index (χ4v) is 2.21. The fourth-order valence-electron chi connectivity index (χ4n) is 1.42. The van der Waals surface area contributed by atoms with Gasteiger partial charge in [-0.1, -0.05) is 18.2 Å². The third-order valence-corrected chi connectivity index (χ3v) is 3.26. The molecule has 0 saturated carbocycles. The van der Waals surface area contributed by atoms with Gasteiger partial charge < -0.3 is 10.3 Å². The lowest BCUT2D eigenvalue weighted by molar-refractivity contribution is 0.0952. The Morgan fingerprint density at radius 1 is 1.18 bits per heavy atom. The molecule has 0 aliphatic heterocycles. The topological polar surface area (TPSA) is 44.9 Å². The second-order valence-electron chi connectivity index (χ2n) is 3.50. The van der Waals surface area contributed by atoms with Crippen LogP contribution in [0.15, 0.2) is 53.6 Å². The van der Waals surface area contributed by atoms with E-state index in [0.717, 1.165) is 5.75 Å². The van der Waals surface area contributed by atoms with Crippen LogP contribution in [-0.2, 0) is 0 Å². The molecule has 88 valence electrons. The quantitative estimate of drug-likeness (QED) is 0.629. The number of carbonyl (C=O) groups excluding carboxylic acids is 1. The van der Waals surface area contributed by atoms with Gasteiger partial charge in [-0.25, -0.2) is 0 Å². The molecule has 1 aromatic heterocycles. The smallest absolute Gasteiger partial charge is 0.267 e. The Balaban J connectivity index is 1.69. The summed E-state index contributed by atoms with van der Waals surface area (Å²) in [4.78, 5) is 15.7. The Hall–Kier alpha value is -1.68. The molecule has 0 spiro atoms. The van der Waals surface area contributed by atoms with Crippen molar-refractivity contribution in [1.29, 1.82) is 0 Å². The summed E-state index contributed by atoms with van der Waals surface area (Å²) in [6.45, 7) is 0.664. The highest BCUT2D eigenvalue weighted by Gasteiger charge is 2.03. The molecular formula is C13H14N2OS. The molecule has 1 aromatic carbocycles. The Labute approximate surface area is 105 Å². The van der Waals surface area contributed by atoms with Crippen LogP contribution in [0.2, 0.25) is 0 Å². The highest BCUT2D eigenvalue weighted by molar-refractivity contribution is 7.99. The zero-order valence-corrected chi connectivity index (χ0v) is 10.2. The van der Waals surface area contributed by atoms with Crippen molar-refractivity contribution in [2.45, 2.75) is 4.90 Å². The minimum absolute atomic E-state index is 0.0522. The van der Waals surface area contributed by atoms with Crippen LogP contribution in [0.25, 0.3) is 0 Å². The van der Waals surface area contributed by atoms with E-state index in [1.54, 1.807) is 24.0 Å². The molecule has 0 fully saturated rings. The first kappa shape index (κ1) is 11.8. The summed E-state index contributed by atoms with van der Waals surface area (Å²) in [7, 11) is 0. The molecule has 0 aliphatic rings. The number of carbonyl (C=O) groups is 1. The molecule has 17 heavy (non-hydrogen) atoms. The summed E-state index contributed by atoms with van der Waals surface area (Å²) in [6.07, 6.45) is 1.74. The van der Waals surface area contributed by atoms with E-state index >= 15 is 0 Å². The van der Waals surface area contributed by atoms with Crippen LogP contribution >= 0.6 is 11.8 Å². The number of nitrogens with one attached hydrogen (secondary N) is 2. The molecule has 0 saturated heterocycles. The van der Waals surface area contributed by atoms with E-state index in [0.29, 0.717) is 12.2 Å². The second-order valence-corrected chi connectivity index (χ2v) is 4.67. The largest absolute Gasteiger partial charge is 0.357 e. The maximum Gasteiger partial charge on any atom is 0.267 e. The van der Waals surface area contributed by atoms with Gasteiger partial charge in [-0.05, 0) is 24.3 Å². The van der Waals surface area contributed by atoms with Crippen LogP contribution in [0.3, 0.4) is 0 Å². The van der Waals surface area contributed by atoms with Gasteiger partial charge in [0, 0.05) is 23.4 Å². The predicted molar refractivity (Wildman–Crippen MR) is 70.3 cm³/mol. The van der Waals surface area contributed by atoms with E-state index in [2.05, 4.69) is 22.4 Å². The first-order valence-corrected chi connectivity index (χ1v) is 6.44. The molecule has 2 N–H and O–H groups in total. The number of aromatic nitrogens is 1. The monoisotopic (exact) mass is 246 g/mol. The van der Waals surface area contributed by atoms with Crippen molar-refractivity contribution in [3.8, 4) is 0 Å². The van der Waals surface area contributed by atoms with Crippen LogP contribution < -0.4 is 5.32 Å². The SMILES string of the molecule is O=C(NCCSc1ccccc1)c1ccc[nH]1. The third kappa shape index (κ3) is 3.67. The van der Waals surface area contributed by atoms with Gasteiger partial charge in [-0.2, -0.15) is 0 Å². The van der Waals surface area contributed by atoms with Crippen LogP contribution in [0.5, 0.6) is 0 Å². The van der Waals surface area contributed by atoms with Crippen molar-refractivity contribution in [1.82, 2.24) is 10.3 Å². The van der Waals surface area contributed by atoms with Gasteiger partial charge in [0.1, 0.15) is 5.69 Å². The van der Waals surface area contributed by atoms with Crippen molar-refractivity contribution in [2.24, 2.45) is 0 Å². The summed E-state index contributed by atoms with van der Waals surface area (Å²) in [6, 6.07) is 13.7. The van der Waals surface area contributed by atoms with Gasteiger partial charge in [-0.15, -0.1) is 11.8 Å². The first-order valence-electron chi connectivity index (χ1n) is 5.46. The maximum absolute atomic E-state index is 11.6. The normalized spacial score (nSPS) is 10.1. The van der Waals surface area contributed by atoms with Crippen LogP contribution in [0, 0.1) is 0 Å². The fraction of sp³-hybridized carbons (Fsp3) is 0.154. The number of thioether (sulfide) groups is 1. The molecule has 0 bridgehead atoms. The van der Waals surface area contributed by atoms with Gasteiger partial charge in [0.15, 0.2) is 0 Å². The molecule has 0 aliphatic carbocycles. The Kier molecular flexibility index (Phi) is 4.27. The number of rotatable bonds is 5. The molecule has 0 unspecified atom stereocenters. The molecule has 4 heteroatoms. The minimum Gasteiger partial charge on any atom is -0.357 e. The summed E-state index contributed by atoms with van der Waals surface area (Å²) >= 11 is 1.73. The number of benzene rings is 1. The van der Waals surface area contributed by atoms with E-state index in [9.17, 15) is 4.79 Å². The number of amides is 1. The first-order chi connectivity index (χ1) is 8.36. The molecule has 1 heterocycles. The van der Waals surface area contributed by atoms with Crippen molar-refractivity contribution in [2.75, 3.05) is 12.3 Å². The van der Waals surface area contributed by atoms with Gasteiger partial charge in [0.25, 0.3) is 5.91 Å². The Bertz CT molecular complexity index is 454. The van der Waals surface area contributed by atoms with Crippen molar-refractivity contribution >= 4 is 17.7 Å². The average Bonchev–Trinajstić information content (AvgIpc) is 2.89. The Morgan fingerprint density at radius 2 is 2.00 bits per heavy atom. The van der Waals surface area contributed by atoms with E-state index in [1.807, 2.05) is 24.3 Å². The van der Waals surface area contributed by atoms with E-state index in [-0.39, 0.29) is 5.91 Å². The second kappa shape index (κ2) is 6.15. The van der Waals surface area contributed by atoms with E-state index in [4.69, 9.17) is 0 Å². The summed E-state index contributed by atoms with van der Waals surface area (Å²) in [5.41, 5.74) is 0.606. The zero-order chi connectivity index (χ0) is 11.9. The van der Waals surface area contributed by atoms with Gasteiger partial charge in [-0.3, -0.25) is 4.79 Å². The van der Waals surface area contributed by atoms with Crippen LogP contribution in [-0.4, -0.2) is 23.2 Å². The summed E-state index contributed by atoms with van der Waals surface area (Å²) in [5, 5.41) is 2.86.